The number of urea groups is 1. The van der Waals surface area contributed by atoms with Gasteiger partial charge in [0.15, 0.2) is 0 Å². The van der Waals surface area contributed by atoms with Gasteiger partial charge in [0, 0.05) is 39.3 Å². The Bertz CT molecular complexity index is 507. The van der Waals surface area contributed by atoms with Crippen LogP contribution in [0, 0.1) is 12.8 Å². The van der Waals surface area contributed by atoms with Crippen LogP contribution in [0.1, 0.15) is 31.0 Å². The van der Waals surface area contributed by atoms with Crippen LogP contribution in [-0.4, -0.2) is 62.1 Å². The maximum absolute atomic E-state index is 12.0. The Morgan fingerprint density at radius 1 is 1.04 bits per heavy atom. The molecule has 2 rings (SSSR count). The number of amides is 2. The molecule has 1 unspecified atom stereocenters. The van der Waals surface area contributed by atoms with Gasteiger partial charge in [-0.1, -0.05) is 43.7 Å². The minimum Gasteiger partial charge on any atom is -0.338 e. The second kappa shape index (κ2) is 9.04. The van der Waals surface area contributed by atoms with Crippen LogP contribution in [0.4, 0.5) is 4.79 Å². The first-order valence-corrected chi connectivity index (χ1v) is 8.96. The summed E-state index contributed by atoms with van der Waals surface area (Å²) in [7, 11) is 2.16. The summed E-state index contributed by atoms with van der Waals surface area (Å²) in [4.78, 5) is 16.9. The average Bonchev–Trinajstić information content (AvgIpc) is 2.56. The zero-order valence-corrected chi connectivity index (χ0v) is 15.5. The normalized spacial score (nSPS) is 17.7. The van der Waals surface area contributed by atoms with Gasteiger partial charge in [-0.3, -0.25) is 4.90 Å². The lowest BCUT2D eigenvalue weighted by atomic mass is 10.0. The fraction of sp³-hybridized carbons (Fsp3) is 0.632. The Balaban J connectivity index is 2.00. The Kier molecular flexibility index (Phi) is 7.06. The Labute approximate surface area is 146 Å². The van der Waals surface area contributed by atoms with Gasteiger partial charge in [-0.25, -0.2) is 4.79 Å². The summed E-state index contributed by atoms with van der Waals surface area (Å²) >= 11 is 0. The summed E-state index contributed by atoms with van der Waals surface area (Å²) in [6.07, 6.45) is 0. The number of piperazine rings is 1. The lowest BCUT2D eigenvalue weighted by Gasteiger charge is -2.38. The summed E-state index contributed by atoms with van der Waals surface area (Å²) in [5.41, 5.74) is 2.54. The molecule has 5 heteroatoms. The van der Waals surface area contributed by atoms with E-state index in [1.54, 1.807) is 0 Å². The van der Waals surface area contributed by atoms with Crippen LogP contribution in [0.25, 0.3) is 0 Å². The standard InChI is InChI=1S/C19H32N4O/c1-15(2)13-20-19(24)21-14-18(17-7-5-16(3)6-8-17)23-11-9-22(4)10-12-23/h5-8,15,18H,9-14H2,1-4H3,(H2,20,21,24). The van der Waals surface area contributed by atoms with Crippen LogP contribution in [-0.2, 0) is 0 Å². The highest BCUT2D eigenvalue weighted by Crippen LogP contribution is 2.22. The molecular weight excluding hydrogens is 300 g/mol. The van der Waals surface area contributed by atoms with Crippen molar-refractivity contribution in [3.63, 3.8) is 0 Å². The third kappa shape index (κ3) is 5.80. The Hall–Kier alpha value is -1.59. The number of hydrogen-bond donors (Lipinski definition) is 2. The van der Waals surface area contributed by atoms with Gasteiger partial charge in [-0.2, -0.15) is 0 Å². The van der Waals surface area contributed by atoms with Gasteiger partial charge in [0.1, 0.15) is 0 Å². The SMILES string of the molecule is Cc1ccc(C(CNC(=O)NCC(C)C)N2CCN(C)CC2)cc1. The van der Waals surface area contributed by atoms with E-state index < -0.39 is 0 Å². The summed E-state index contributed by atoms with van der Waals surface area (Å²) in [5, 5.41) is 5.99. The molecule has 1 heterocycles. The highest BCUT2D eigenvalue weighted by atomic mass is 16.2. The van der Waals surface area contributed by atoms with Gasteiger partial charge in [0.25, 0.3) is 0 Å². The van der Waals surface area contributed by atoms with Crippen molar-refractivity contribution in [3.8, 4) is 0 Å². The van der Waals surface area contributed by atoms with Gasteiger partial charge in [0.2, 0.25) is 0 Å². The summed E-state index contributed by atoms with van der Waals surface area (Å²) in [6, 6.07) is 8.83. The third-order valence-corrected chi connectivity index (χ3v) is 4.57. The van der Waals surface area contributed by atoms with Crippen molar-refractivity contribution in [2.75, 3.05) is 46.3 Å². The van der Waals surface area contributed by atoms with Gasteiger partial charge >= 0.3 is 6.03 Å². The summed E-state index contributed by atoms with van der Waals surface area (Å²) in [6.45, 7) is 11.8. The molecular formula is C19H32N4O. The number of hydrogen-bond acceptors (Lipinski definition) is 3. The van der Waals surface area contributed by atoms with Crippen LogP contribution < -0.4 is 10.6 Å². The number of nitrogens with zero attached hydrogens (tertiary/aromatic N) is 2. The van der Waals surface area contributed by atoms with Crippen molar-refractivity contribution < 1.29 is 4.79 Å². The second-order valence-electron chi connectivity index (χ2n) is 7.25. The molecule has 24 heavy (non-hydrogen) atoms. The van der Waals surface area contributed by atoms with Crippen molar-refractivity contribution in [2.45, 2.75) is 26.8 Å². The van der Waals surface area contributed by atoms with E-state index in [9.17, 15) is 4.79 Å². The number of carbonyl (C=O) groups excluding carboxylic acids is 1. The van der Waals surface area contributed by atoms with Gasteiger partial charge in [-0.05, 0) is 25.5 Å². The van der Waals surface area contributed by atoms with Gasteiger partial charge < -0.3 is 15.5 Å². The maximum atomic E-state index is 12.0. The first-order valence-electron chi connectivity index (χ1n) is 8.96. The quantitative estimate of drug-likeness (QED) is 0.840. The first-order chi connectivity index (χ1) is 11.5. The monoisotopic (exact) mass is 332 g/mol. The fourth-order valence-corrected chi connectivity index (χ4v) is 2.93. The van der Waals surface area contributed by atoms with Crippen molar-refractivity contribution in [1.82, 2.24) is 20.4 Å². The molecule has 0 aromatic heterocycles. The Morgan fingerprint density at radius 2 is 1.62 bits per heavy atom. The van der Waals surface area contributed by atoms with Crippen LogP contribution in [0.3, 0.4) is 0 Å². The predicted molar refractivity (Wildman–Crippen MR) is 99.2 cm³/mol. The van der Waals surface area contributed by atoms with E-state index in [2.05, 4.69) is 72.5 Å². The highest BCUT2D eigenvalue weighted by Gasteiger charge is 2.24. The van der Waals surface area contributed by atoms with E-state index in [1.165, 1.54) is 11.1 Å². The van der Waals surface area contributed by atoms with E-state index in [0.717, 1.165) is 26.2 Å². The average molecular weight is 332 g/mol. The predicted octanol–water partition coefficient (Wildman–Crippen LogP) is 2.24. The summed E-state index contributed by atoms with van der Waals surface area (Å²) < 4.78 is 0. The minimum atomic E-state index is -0.0741. The smallest absolute Gasteiger partial charge is 0.314 e. The third-order valence-electron chi connectivity index (χ3n) is 4.57. The molecule has 1 aromatic carbocycles. The number of nitrogens with one attached hydrogen (secondary N) is 2. The zero-order valence-electron chi connectivity index (χ0n) is 15.5. The van der Waals surface area contributed by atoms with Crippen LogP contribution in [0.5, 0.6) is 0 Å². The number of carbonyl (C=O) groups is 1. The summed E-state index contributed by atoms with van der Waals surface area (Å²) in [5.74, 6) is 0.460. The molecule has 134 valence electrons. The maximum Gasteiger partial charge on any atom is 0.314 e. The fourth-order valence-electron chi connectivity index (χ4n) is 2.93. The molecule has 0 spiro atoms. The van der Waals surface area contributed by atoms with Crippen LogP contribution in [0.15, 0.2) is 24.3 Å². The van der Waals surface area contributed by atoms with Crippen LogP contribution >= 0.6 is 0 Å². The van der Waals surface area contributed by atoms with E-state index in [-0.39, 0.29) is 12.1 Å². The molecule has 1 aromatic rings. The molecule has 1 atom stereocenters. The molecule has 0 bridgehead atoms. The topological polar surface area (TPSA) is 47.6 Å². The molecule has 0 saturated carbocycles. The van der Waals surface area contributed by atoms with Crippen molar-refractivity contribution in [3.05, 3.63) is 35.4 Å². The largest absolute Gasteiger partial charge is 0.338 e. The van der Waals surface area contributed by atoms with Gasteiger partial charge in [-0.15, -0.1) is 0 Å². The Morgan fingerprint density at radius 3 is 2.21 bits per heavy atom. The van der Waals surface area contributed by atoms with E-state index in [4.69, 9.17) is 0 Å². The number of benzene rings is 1. The molecule has 1 saturated heterocycles. The van der Waals surface area contributed by atoms with Crippen molar-refractivity contribution in [1.29, 1.82) is 0 Å². The van der Waals surface area contributed by atoms with Crippen LogP contribution in [0.2, 0.25) is 0 Å². The minimum absolute atomic E-state index is 0.0741. The molecule has 1 fully saturated rings. The zero-order chi connectivity index (χ0) is 17.5. The molecule has 5 nitrogen and oxygen atoms in total. The van der Waals surface area contributed by atoms with Gasteiger partial charge in [0.05, 0.1) is 6.04 Å². The molecule has 2 N–H and O–H groups in total. The highest BCUT2D eigenvalue weighted by molar-refractivity contribution is 5.73. The lowest BCUT2D eigenvalue weighted by molar-refractivity contribution is 0.111. The molecule has 0 aliphatic carbocycles. The molecule has 0 radical (unpaired) electrons. The molecule has 1 aliphatic rings. The molecule has 1 aliphatic heterocycles. The van der Waals surface area contributed by atoms with E-state index in [0.29, 0.717) is 19.0 Å². The number of likely N-dealkylation sites (N-methyl/N-ethyl adjacent to an activating group) is 1. The number of aryl methyl sites for hydroxylation is 1. The molecule has 2 amide bonds. The lowest BCUT2D eigenvalue weighted by Crippen LogP contribution is -2.49. The van der Waals surface area contributed by atoms with E-state index in [1.807, 2.05) is 0 Å². The van der Waals surface area contributed by atoms with Crippen molar-refractivity contribution in [2.24, 2.45) is 5.92 Å². The van der Waals surface area contributed by atoms with Crippen molar-refractivity contribution >= 4 is 6.03 Å². The second-order valence-corrected chi connectivity index (χ2v) is 7.25. The van der Waals surface area contributed by atoms with E-state index >= 15 is 0 Å². The number of rotatable bonds is 6. The first kappa shape index (κ1) is 18.7.